The highest BCUT2D eigenvalue weighted by molar-refractivity contribution is 5.90. The van der Waals surface area contributed by atoms with Crippen LogP contribution in [0.3, 0.4) is 0 Å². The predicted molar refractivity (Wildman–Crippen MR) is 61.7 cm³/mol. The zero-order valence-corrected chi connectivity index (χ0v) is 8.42. The lowest BCUT2D eigenvalue weighted by molar-refractivity contribution is 0.990. The van der Waals surface area contributed by atoms with Crippen molar-refractivity contribution in [2.75, 3.05) is 0 Å². The lowest BCUT2D eigenvalue weighted by Gasteiger charge is -2.04. The van der Waals surface area contributed by atoms with E-state index in [4.69, 9.17) is 0 Å². The van der Waals surface area contributed by atoms with Crippen LogP contribution >= 0.6 is 0 Å². The Bertz CT molecular complexity index is 691. The highest BCUT2D eigenvalue weighted by Gasteiger charge is 2.04. The SMILES string of the molecule is O=c1[nH]ncn1-c1cccc2ccccc12. The predicted octanol–water partition coefficient (Wildman–Crippen LogP) is 1.71. The number of aromatic amines is 1. The van der Waals surface area contributed by atoms with Crippen molar-refractivity contribution in [3.63, 3.8) is 0 Å². The first-order chi connectivity index (χ1) is 7.86. The molecule has 0 saturated heterocycles. The minimum Gasteiger partial charge on any atom is -0.249 e. The quantitative estimate of drug-likeness (QED) is 0.666. The van der Waals surface area contributed by atoms with Gasteiger partial charge in [0, 0.05) is 5.39 Å². The number of nitrogens with zero attached hydrogens (tertiary/aromatic N) is 2. The number of fused-ring (bicyclic) bond motifs is 1. The Balaban J connectivity index is 2.41. The minimum absolute atomic E-state index is 0.226. The van der Waals surface area contributed by atoms with Gasteiger partial charge in [-0.2, -0.15) is 5.10 Å². The summed E-state index contributed by atoms with van der Waals surface area (Å²) in [4.78, 5) is 11.5. The van der Waals surface area contributed by atoms with Crippen molar-refractivity contribution in [1.82, 2.24) is 14.8 Å². The fourth-order valence-corrected chi connectivity index (χ4v) is 1.84. The summed E-state index contributed by atoms with van der Waals surface area (Å²) in [5, 5.41) is 8.26. The molecule has 0 amide bonds. The van der Waals surface area contributed by atoms with E-state index < -0.39 is 0 Å². The maximum Gasteiger partial charge on any atom is 0.347 e. The molecule has 0 aliphatic carbocycles. The topological polar surface area (TPSA) is 50.7 Å². The average molecular weight is 211 g/mol. The fraction of sp³-hybridized carbons (Fsp3) is 0. The fourth-order valence-electron chi connectivity index (χ4n) is 1.84. The van der Waals surface area contributed by atoms with Gasteiger partial charge in [0.2, 0.25) is 0 Å². The smallest absolute Gasteiger partial charge is 0.249 e. The monoisotopic (exact) mass is 211 g/mol. The van der Waals surface area contributed by atoms with Crippen molar-refractivity contribution in [2.45, 2.75) is 0 Å². The summed E-state index contributed by atoms with van der Waals surface area (Å²) in [5.41, 5.74) is 0.619. The first-order valence-corrected chi connectivity index (χ1v) is 4.96. The molecule has 0 unspecified atom stereocenters. The molecule has 3 aromatic rings. The lowest BCUT2D eigenvalue weighted by atomic mass is 10.1. The largest absolute Gasteiger partial charge is 0.347 e. The third kappa shape index (κ3) is 1.24. The number of hydrogen-bond donors (Lipinski definition) is 1. The number of benzene rings is 2. The van der Waals surface area contributed by atoms with Crippen LogP contribution in [0.15, 0.2) is 53.6 Å². The maximum absolute atomic E-state index is 11.5. The summed E-state index contributed by atoms with van der Waals surface area (Å²) < 4.78 is 1.50. The van der Waals surface area contributed by atoms with Gasteiger partial charge in [0.25, 0.3) is 0 Å². The van der Waals surface area contributed by atoms with Gasteiger partial charge in [-0.05, 0) is 11.5 Å². The van der Waals surface area contributed by atoms with E-state index in [1.54, 1.807) is 0 Å². The Morgan fingerprint density at radius 3 is 2.69 bits per heavy atom. The maximum atomic E-state index is 11.5. The van der Waals surface area contributed by atoms with Gasteiger partial charge in [-0.1, -0.05) is 36.4 Å². The Morgan fingerprint density at radius 1 is 1.06 bits per heavy atom. The molecule has 1 aromatic heterocycles. The molecule has 2 aromatic carbocycles. The van der Waals surface area contributed by atoms with Crippen LogP contribution in [0.2, 0.25) is 0 Å². The molecule has 0 fully saturated rings. The third-order valence-electron chi connectivity index (χ3n) is 2.58. The van der Waals surface area contributed by atoms with E-state index in [1.807, 2.05) is 42.5 Å². The van der Waals surface area contributed by atoms with Gasteiger partial charge in [0.1, 0.15) is 6.33 Å². The van der Waals surface area contributed by atoms with E-state index in [0.717, 1.165) is 16.5 Å². The van der Waals surface area contributed by atoms with Crippen molar-refractivity contribution in [3.8, 4) is 5.69 Å². The lowest BCUT2D eigenvalue weighted by Crippen LogP contribution is -2.14. The molecule has 1 heterocycles. The standard InChI is InChI=1S/C12H9N3O/c16-12-14-13-8-15(12)11-7-3-5-9-4-1-2-6-10(9)11/h1-8H,(H,14,16). The molecule has 3 rings (SSSR count). The van der Waals surface area contributed by atoms with Crippen LogP contribution in [0.5, 0.6) is 0 Å². The molecule has 16 heavy (non-hydrogen) atoms. The van der Waals surface area contributed by atoms with Crippen molar-refractivity contribution in [1.29, 1.82) is 0 Å². The molecule has 78 valence electrons. The first kappa shape index (κ1) is 8.91. The summed E-state index contributed by atoms with van der Waals surface area (Å²) in [7, 11) is 0. The van der Waals surface area contributed by atoms with Gasteiger partial charge in [0.15, 0.2) is 0 Å². The van der Waals surface area contributed by atoms with E-state index in [-0.39, 0.29) is 5.69 Å². The Labute approximate surface area is 91.2 Å². The van der Waals surface area contributed by atoms with Crippen molar-refractivity contribution >= 4 is 10.8 Å². The molecule has 0 spiro atoms. The minimum atomic E-state index is -0.226. The number of hydrogen-bond acceptors (Lipinski definition) is 2. The Kier molecular flexibility index (Phi) is 1.86. The van der Waals surface area contributed by atoms with Crippen LogP contribution in [0, 0.1) is 0 Å². The number of H-pyrrole nitrogens is 1. The molecule has 0 saturated carbocycles. The van der Waals surface area contributed by atoms with Crippen molar-refractivity contribution < 1.29 is 0 Å². The second kappa shape index (κ2) is 3.34. The number of nitrogens with one attached hydrogen (secondary N) is 1. The van der Waals surface area contributed by atoms with E-state index >= 15 is 0 Å². The molecule has 0 bridgehead atoms. The second-order valence-electron chi connectivity index (χ2n) is 3.53. The van der Waals surface area contributed by atoms with Crippen LogP contribution in [-0.4, -0.2) is 14.8 Å². The average Bonchev–Trinajstić information content (AvgIpc) is 2.75. The zero-order valence-electron chi connectivity index (χ0n) is 8.42. The molecule has 0 aliphatic heterocycles. The van der Waals surface area contributed by atoms with E-state index in [0.29, 0.717) is 0 Å². The van der Waals surface area contributed by atoms with Crippen LogP contribution in [-0.2, 0) is 0 Å². The molecular weight excluding hydrogens is 202 g/mol. The third-order valence-corrected chi connectivity index (χ3v) is 2.58. The molecular formula is C12H9N3O. The summed E-state index contributed by atoms with van der Waals surface area (Å²) in [6.45, 7) is 0. The van der Waals surface area contributed by atoms with Crippen LogP contribution < -0.4 is 5.69 Å². The van der Waals surface area contributed by atoms with Crippen molar-refractivity contribution in [2.24, 2.45) is 0 Å². The molecule has 0 atom stereocenters. The van der Waals surface area contributed by atoms with Crippen molar-refractivity contribution in [3.05, 3.63) is 59.3 Å². The highest BCUT2D eigenvalue weighted by Crippen LogP contribution is 2.20. The summed E-state index contributed by atoms with van der Waals surface area (Å²) in [6.07, 6.45) is 1.49. The second-order valence-corrected chi connectivity index (χ2v) is 3.53. The molecule has 0 aliphatic rings. The summed E-state index contributed by atoms with van der Waals surface area (Å²) in [6, 6.07) is 13.8. The highest BCUT2D eigenvalue weighted by atomic mass is 16.1. The normalized spacial score (nSPS) is 10.8. The van der Waals surface area contributed by atoms with Crippen LogP contribution in [0.1, 0.15) is 0 Å². The number of aromatic nitrogens is 3. The summed E-state index contributed by atoms with van der Waals surface area (Å²) in [5.74, 6) is 0. The molecule has 4 nitrogen and oxygen atoms in total. The van der Waals surface area contributed by atoms with Gasteiger partial charge in [-0.15, -0.1) is 0 Å². The first-order valence-electron chi connectivity index (χ1n) is 4.96. The van der Waals surface area contributed by atoms with Gasteiger partial charge in [0.05, 0.1) is 5.69 Å². The zero-order chi connectivity index (χ0) is 11.0. The molecule has 4 heteroatoms. The summed E-state index contributed by atoms with van der Waals surface area (Å²) >= 11 is 0. The Morgan fingerprint density at radius 2 is 1.88 bits per heavy atom. The van der Waals surface area contributed by atoms with E-state index in [2.05, 4.69) is 10.2 Å². The molecule has 1 N–H and O–H groups in total. The van der Waals surface area contributed by atoms with Gasteiger partial charge in [-0.25, -0.2) is 14.5 Å². The van der Waals surface area contributed by atoms with Gasteiger partial charge in [-0.3, -0.25) is 0 Å². The Hall–Kier alpha value is -2.36. The van der Waals surface area contributed by atoms with Crippen LogP contribution in [0.25, 0.3) is 16.5 Å². The van der Waals surface area contributed by atoms with Crippen LogP contribution in [0.4, 0.5) is 0 Å². The molecule has 0 radical (unpaired) electrons. The van der Waals surface area contributed by atoms with Gasteiger partial charge < -0.3 is 0 Å². The number of rotatable bonds is 1. The van der Waals surface area contributed by atoms with E-state index in [9.17, 15) is 4.79 Å². The van der Waals surface area contributed by atoms with E-state index in [1.165, 1.54) is 10.9 Å². The van der Waals surface area contributed by atoms with Gasteiger partial charge >= 0.3 is 5.69 Å².